The van der Waals surface area contributed by atoms with Crippen molar-refractivity contribution in [3.8, 4) is 11.8 Å². The van der Waals surface area contributed by atoms with E-state index in [-0.39, 0.29) is 11.8 Å². The lowest BCUT2D eigenvalue weighted by Crippen LogP contribution is -2.30. The highest BCUT2D eigenvalue weighted by Gasteiger charge is 2.28. The molecule has 1 aromatic heterocycles. The first-order valence-corrected chi connectivity index (χ1v) is 6.89. The number of amides is 1. The second kappa shape index (κ2) is 5.48. The molecule has 2 heterocycles. The molecule has 0 aliphatic carbocycles. The molecule has 1 saturated heterocycles. The minimum absolute atomic E-state index is 0.139. The van der Waals surface area contributed by atoms with Gasteiger partial charge in [-0.15, -0.1) is 0 Å². The molecule has 0 bridgehead atoms. The van der Waals surface area contributed by atoms with Crippen molar-refractivity contribution in [2.45, 2.75) is 25.5 Å². The molecule has 5 N–H and O–H groups in total. The van der Waals surface area contributed by atoms with Crippen molar-refractivity contribution in [1.29, 1.82) is 0 Å². The van der Waals surface area contributed by atoms with Gasteiger partial charge in [-0.3, -0.25) is 19.0 Å². The summed E-state index contributed by atoms with van der Waals surface area (Å²) in [6.45, 7) is 2.01. The Morgan fingerprint density at radius 1 is 1.45 bits per heavy atom. The molecule has 1 aromatic carbocycles. The molecule has 1 fully saturated rings. The molecule has 0 radical (unpaired) electrons. The summed E-state index contributed by atoms with van der Waals surface area (Å²) >= 11 is 0. The second-order valence-corrected chi connectivity index (χ2v) is 5.20. The molecule has 2 unspecified atom stereocenters. The van der Waals surface area contributed by atoms with E-state index in [1.165, 1.54) is 4.57 Å². The quantitative estimate of drug-likeness (QED) is 0.671. The second-order valence-electron chi connectivity index (χ2n) is 5.20. The Morgan fingerprint density at radius 2 is 2.23 bits per heavy atom. The summed E-state index contributed by atoms with van der Waals surface area (Å²) in [5.41, 5.74) is 8.18. The third-order valence-electron chi connectivity index (χ3n) is 3.91. The Balaban J connectivity index is 2.20. The highest BCUT2D eigenvalue weighted by atomic mass is 16.9. The van der Waals surface area contributed by atoms with Gasteiger partial charge in [-0.25, -0.2) is 0 Å². The maximum absolute atomic E-state index is 11.5. The summed E-state index contributed by atoms with van der Waals surface area (Å²) in [4.78, 5) is 21.5. The number of hydrogen-bond acceptors (Lipinski definition) is 6. The van der Waals surface area contributed by atoms with Gasteiger partial charge in [-0.05, 0) is 18.6 Å². The van der Waals surface area contributed by atoms with Crippen molar-refractivity contribution in [3.63, 3.8) is 0 Å². The van der Waals surface area contributed by atoms with E-state index in [2.05, 4.69) is 5.64 Å². The first-order chi connectivity index (χ1) is 10.5. The van der Waals surface area contributed by atoms with Gasteiger partial charge < -0.3 is 15.9 Å². The third kappa shape index (κ3) is 2.17. The van der Waals surface area contributed by atoms with Gasteiger partial charge in [-0.2, -0.15) is 0 Å². The Morgan fingerprint density at radius 3 is 2.86 bits per heavy atom. The van der Waals surface area contributed by atoms with E-state index in [4.69, 9.17) is 15.4 Å². The van der Waals surface area contributed by atoms with Crippen molar-refractivity contribution in [3.05, 3.63) is 23.8 Å². The monoisotopic (exact) mass is 307 g/mol. The van der Waals surface area contributed by atoms with Gasteiger partial charge in [0.05, 0.1) is 17.9 Å². The fourth-order valence-electron chi connectivity index (χ4n) is 2.68. The van der Waals surface area contributed by atoms with Crippen molar-refractivity contribution in [2.75, 3.05) is 6.61 Å². The number of aromatic nitrogens is 1. The van der Waals surface area contributed by atoms with Crippen LogP contribution in [0.5, 0.6) is 11.8 Å². The van der Waals surface area contributed by atoms with E-state index in [0.717, 1.165) is 0 Å². The number of fused-ring (bicyclic) bond motifs is 1. The summed E-state index contributed by atoms with van der Waals surface area (Å²) in [5, 5.41) is 21.8. The van der Waals surface area contributed by atoms with E-state index in [9.17, 15) is 15.0 Å². The van der Waals surface area contributed by atoms with Crippen LogP contribution in [0.2, 0.25) is 0 Å². The number of rotatable bonds is 3. The lowest BCUT2D eigenvalue weighted by Gasteiger charge is -2.24. The molecular weight excluding hydrogens is 290 g/mol. The molecule has 8 nitrogen and oxygen atoms in total. The van der Waals surface area contributed by atoms with Crippen LogP contribution in [0.1, 0.15) is 31.1 Å². The minimum atomic E-state index is -0.627. The lowest BCUT2D eigenvalue weighted by atomic mass is 9.96. The van der Waals surface area contributed by atoms with E-state index >= 15 is 0 Å². The van der Waals surface area contributed by atoms with Gasteiger partial charge in [0, 0.05) is 11.8 Å². The maximum atomic E-state index is 11.5. The van der Waals surface area contributed by atoms with Gasteiger partial charge in [0.15, 0.2) is 6.23 Å². The Bertz CT molecular complexity index is 721. The zero-order valence-corrected chi connectivity index (χ0v) is 11.9. The number of benzene rings is 1. The molecule has 2 aromatic rings. The van der Waals surface area contributed by atoms with E-state index in [1.54, 1.807) is 25.1 Å². The van der Waals surface area contributed by atoms with Crippen molar-refractivity contribution >= 4 is 16.7 Å². The highest BCUT2D eigenvalue weighted by molar-refractivity contribution is 5.99. The first-order valence-electron chi connectivity index (χ1n) is 6.89. The fourth-order valence-corrected chi connectivity index (χ4v) is 2.68. The lowest BCUT2D eigenvalue weighted by molar-refractivity contribution is -0.261. The van der Waals surface area contributed by atoms with Crippen LogP contribution in [-0.2, 0) is 14.5 Å². The number of hydrogen-bond donors (Lipinski definition) is 4. The molecule has 0 spiro atoms. The number of carbonyl (C=O) groups is 1. The van der Waals surface area contributed by atoms with Crippen LogP contribution >= 0.6 is 0 Å². The number of nitrogens with zero attached hydrogens (tertiary/aromatic N) is 1. The van der Waals surface area contributed by atoms with Crippen LogP contribution in [-0.4, -0.2) is 27.3 Å². The number of carbonyl (C=O) groups excluding carboxylic acids is 1. The van der Waals surface area contributed by atoms with Crippen LogP contribution in [0.4, 0.5) is 0 Å². The third-order valence-corrected chi connectivity index (χ3v) is 3.91. The summed E-state index contributed by atoms with van der Waals surface area (Å²) in [6.07, 6.45) is -0.187. The van der Waals surface area contributed by atoms with E-state index < -0.39 is 18.1 Å². The van der Waals surface area contributed by atoms with Crippen LogP contribution in [0.3, 0.4) is 0 Å². The van der Waals surface area contributed by atoms with Crippen molar-refractivity contribution in [1.82, 2.24) is 10.2 Å². The molecule has 8 heteroatoms. The summed E-state index contributed by atoms with van der Waals surface area (Å²) < 4.78 is 1.26. The number of primary amides is 1. The predicted octanol–water partition coefficient (Wildman–Crippen LogP) is 0.996. The minimum Gasteiger partial charge on any atom is -0.494 e. The molecule has 118 valence electrons. The fraction of sp³-hybridized carbons (Fsp3) is 0.357. The molecule has 22 heavy (non-hydrogen) atoms. The normalized spacial score (nSPS) is 20.1. The molecule has 3 rings (SSSR count). The number of nitrogens with two attached hydrogens (primary N) is 1. The molecule has 0 saturated carbocycles. The van der Waals surface area contributed by atoms with Crippen LogP contribution in [0.15, 0.2) is 18.2 Å². The topological polar surface area (TPSA) is 119 Å². The van der Waals surface area contributed by atoms with Gasteiger partial charge >= 0.3 is 0 Å². The zero-order valence-electron chi connectivity index (χ0n) is 11.9. The molecule has 1 aliphatic heterocycles. The SMILES string of the molecule is CC(C(N)=O)c1cccc2c(O)n(C3CCONO3)c(O)c12. The molecule has 1 amide bonds. The molecule has 2 atom stereocenters. The van der Waals surface area contributed by atoms with Gasteiger partial charge in [-0.1, -0.05) is 17.8 Å². The average molecular weight is 307 g/mol. The largest absolute Gasteiger partial charge is 0.494 e. The molecule has 1 aliphatic rings. The summed E-state index contributed by atoms with van der Waals surface area (Å²) in [6, 6.07) is 5.05. The Labute approximate surface area is 125 Å². The van der Waals surface area contributed by atoms with Gasteiger partial charge in [0.2, 0.25) is 17.7 Å². The van der Waals surface area contributed by atoms with E-state index in [1.807, 2.05) is 0 Å². The number of aromatic hydroxyl groups is 2. The van der Waals surface area contributed by atoms with Gasteiger partial charge in [0.25, 0.3) is 0 Å². The van der Waals surface area contributed by atoms with Gasteiger partial charge in [0.1, 0.15) is 0 Å². The average Bonchev–Trinajstić information content (AvgIpc) is 2.79. The van der Waals surface area contributed by atoms with Crippen LogP contribution in [0, 0.1) is 0 Å². The zero-order chi connectivity index (χ0) is 15.9. The number of nitrogens with one attached hydrogen (secondary N) is 1. The highest BCUT2D eigenvalue weighted by Crippen LogP contribution is 2.43. The van der Waals surface area contributed by atoms with Crippen LogP contribution < -0.4 is 11.4 Å². The van der Waals surface area contributed by atoms with Crippen LogP contribution in [0.25, 0.3) is 10.8 Å². The maximum Gasteiger partial charge on any atom is 0.224 e. The van der Waals surface area contributed by atoms with Crippen molar-refractivity contribution < 1.29 is 24.7 Å². The van der Waals surface area contributed by atoms with E-state index in [0.29, 0.717) is 29.4 Å². The molecular formula is C14H17N3O5. The Hall–Kier alpha value is -2.29. The summed E-state index contributed by atoms with van der Waals surface area (Å²) in [7, 11) is 0. The van der Waals surface area contributed by atoms with Crippen molar-refractivity contribution in [2.24, 2.45) is 5.73 Å². The first kappa shape index (κ1) is 14.6. The predicted molar refractivity (Wildman–Crippen MR) is 76.7 cm³/mol. The smallest absolute Gasteiger partial charge is 0.224 e. The standard InChI is InChI=1S/C14H17N3O5/c1-7(12(15)18)8-3-2-4-9-11(8)14(20)17(13(9)19)10-5-6-21-16-22-10/h2-4,7,10,16,19-20H,5-6H2,1H3,(H2,15,18). The Kier molecular flexibility index (Phi) is 3.65. The summed E-state index contributed by atoms with van der Waals surface area (Å²) in [5.74, 6) is -1.42.